The summed E-state index contributed by atoms with van der Waals surface area (Å²) in [6.45, 7) is 0. The number of benzene rings is 6. The van der Waals surface area contributed by atoms with Crippen LogP contribution in [0.4, 0.5) is 0 Å². The summed E-state index contributed by atoms with van der Waals surface area (Å²) in [5.74, 6) is 0. The molecule has 0 fully saturated rings. The summed E-state index contributed by atoms with van der Waals surface area (Å²) < 4.78 is 5.21. The van der Waals surface area contributed by atoms with E-state index in [0.717, 1.165) is 0 Å². The molecule has 1 aliphatic rings. The third-order valence-electron chi connectivity index (χ3n) is 7.95. The molecule has 0 N–H and O–H groups in total. The van der Waals surface area contributed by atoms with Crippen molar-refractivity contribution >= 4 is 64.1 Å². The smallest absolute Gasteiger partial charge is 0.0541 e. The molecule has 1 nitrogen and oxygen atoms in total. The molecule has 9 rings (SSSR count). The van der Waals surface area contributed by atoms with Gasteiger partial charge in [-0.1, -0.05) is 91.0 Å². The summed E-state index contributed by atoms with van der Waals surface area (Å²) in [7, 11) is 0. The van der Waals surface area contributed by atoms with Crippen molar-refractivity contribution in [2.24, 2.45) is 0 Å². The molecule has 0 amide bonds. The van der Waals surface area contributed by atoms with E-state index < -0.39 is 0 Å². The Balaban J connectivity index is 1.42. The quantitative estimate of drug-likeness (QED) is 0.223. The van der Waals surface area contributed by atoms with Gasteiger partial charge in [0.1, 0.15) is 0 Å². The summed E-state index contributed by atoms with van der Waals surface area (Å²) in [5, 5.41) is 7.99. The highest BCUT2D eigenvalue weighted by molar-refractivity contribution is 7.26. The maximum Gasteiger partial charge on any atom is 0.0541 e. The molecule has 2 aromatic heterocycles. The van der Waals surface area contributed by atoms with Crippen LogP contribution in [-0.2, 0) is 0 Å². The minimum absolute atomic E-state index is 1.24. The van der Waals surface area contributed by atoms with Gasteiger partial charge in [-0.15, -0.1) is 11.3 Å². The highest BCUT2D eigenvalue weighted by Gasteiger charge is 2.26. The monoisotopic (exact) mass is 473 g/mol. The zero-order valence-corrected chi connectivity index (χ0v) is 20.1. The third-order valence-corrected chi connectivity index (χ3v) is 9.15. The van der Waals surface area contributed by atoms with Gasteiger partial charge in [0, 0.05) is 41.9 Å². The number of rotatable bonds is 1. The zero-order chi connectivity index (χ0) is 23.4. The molecule has 8 aromatic rings. The van der Waals surface area contributed by atoms with Crippen molar-refractivity contribution in [1.82, 2.24) is 4.57 Å². The molecule has 166 valence electrons. The van der Waals surface area contributed by atoms with E-state index in [1.54, 1.807) is 0 Å². The van der Waals surface area contributed by atoms with Gasteiger partial charge in [-0.2, -0.15) is 0 Å². The molecule has 0 saturated carbocycles. The van der Waals surface area contributed by atoms with Gasteiger partial charge < -0.3 is 4.57 Å². The Morgan fingerprint density at radius 1 is 0.444 bits per heavy atom. The molecule has 0 atom stereocenters. The number of hydrogen-bond donors (Lipinski definition) is 0. The maximum atomic E-state index is 2.45. The molecular weight excluding hydrogens is 454 g/mol. The summed E-state index contributed by atoms with van der Waals surface area (Å²) in [6.07, 6.45) is 0. The van der Waals surface area contributed by atoms with Crippen LogP contribution in [0.5, 0.6) is 0 Å². The number of hydrogen-bond acceptors (Lipinski definition) is 1. The van der Waals surface area contributed by atoms with E-state index in [9.17, 15) is 0 Å². The topological polar surface area (TPSA) is 4.93 Å². The second kappa shape index (κ2) is 6.63. The van der Waals surface area contributed by atoms with Crippen LogP contribution >= 0.6 is 11.3 Å². The first-order valence-electron chi connectivity index (χ1n) is 12.4. The highest BCUT2D eigenvalue weighted by atomic mass is 32.1. The first kappa shape index (κ1) is 18.9. The second-order valence-electron chi connectivity index (χ2n) is 9.69. The minimum atomic E-state index is 1.24. The minimum Gasteiger partial charge on any atom is -0.309 e. The largest absolute Gasteiger partial charge is 0.309 e. The van der Waals surface area contributed by atoms with Crippen molar-refractivity contribution in [3.05, 3.63) is 115 Å². The fourth-order valence-electron chi connectivity index (χ4n) is 6.48. The average molecular weight is 474 g/mol. The SMILES string of the molecule is c1ccc2c(c1)sc1c3c(ccc12)-c1cccc2c(-n4c5ccccc5c5ccccc54)ccc-3c12. The van der Waals surface area contributed by atoms with Crippen LogP contribution in [0.25, 0.3) is 80.7 Å². The van der Waals surface area contributed by atoms with Gasteiger partial charge in [-0.05, 0) is 46.3 Å². The summed E-state index contributed by atoms with van der Waals surface area (Å²) >= 11 is 1.92. The van der Waals surface area contributed by atoms with Gasteiger partial charge in [0.2, 0.25) is 0 Å². The Bertz CT molecular complexity index is 2160. The predicted molar refractivity (Wildman–Crippen MR) is 156 cm³/mol. The van der Waals surface area contributed by atoms with Crippen molar-refractivity contribution in [3.63, 3.8) is 0 Å². The van der Waals surface area contributed by atoms with Gasteiger partial charge in [-0.25, -0.2) is 0 Å². The van der Waals surface area contributed by atoms with Crippen LogP contribution in [0, 0.1) is 0 Å². The Labute approximate surface area is 211 Å². The number of para-hydroxylation sites is 2. The van der Waals surface area contributed by atoms with Crippen molar-refractivity contribution in [3.8, 4) is 27.9 Å². The van der Waals surface area contributed by atoms with Crippen LogP contribution in [-0.4, -0.2) is 4.57 Å². The Morgan fingerprint density at radius 2 is 1.11 bits per heavy atom. The van der Waals surface area contributed by atoms with Gasteiger partial charge in [-0.3, -0.25) is 0 Å². The molecule has 0 saturated heterocycles. The molecule has 36 heavy (non-hydrogen) atoms. The lowest BCUT2D eigenvalue weighted by Crippen LogP contribution is -1.95. The molecule has 0 spiro atoms. The predicted octanol–water partition coefficient (Wildman–Crippen LogP) is 9.95. The first-order chi connectivity index (χ1) is 17.9. The number of fused-ring (bicyclic) bond motifs is 10. The average Bonchev–Trinajstić information content (AvgIpc) is 3.58. The van der Waals surface area contributed by atoms with Crippen molar-refractivity contribution in [2.75, 3.05) is 0 Å². The van der Waals surface area contributed by atoms with Crippen LogP contribution in [0.3, 0.4) is 0 Å². The van der Waals surface area contributed by atoms with Crippen molar-refractivity contribution < 1.29 is 0 Å². The van der Waals surface area contributed by atoms with E-state index in [0.29, 0.717) is 0 Å². The first-order valence-corrected chi connectivity index (χ1v) is 13.2. The van der Waals surface area contributed by atoms with Crippen LogP contribution in [0.15, 0.2) is 115 Å². The third kappa shape index (κ3) is 2.21. The van der Waals surface area contributed by atoms with Crippen molar-refractivity contribution in [1.29, 1.82) is 0 Å². The van der Waals surface area contributed by atoms with E-state index in [2.05, 4.69) is 120 Å². The van der Waals surface area contributed by atoms with E-state index in [1.165, 1.54) is 80.7 Å². The van der Waals surface area contributed by atoms with Gasteiger partial charge in [0.05, 0.1) is 16.7 Å². The van der Waals surface area contributed by atoms with E-state index >= 15 is 0 Å². The molecule has 0 unspecified atom stereocenters. The highest BCUT2D eigenvalue weighted by Crippen LogP contribution is 2.53. The van der Waals surface area contributed by atoms with Gasteiger partial charge >= 0.3 is 0 Å². The van der Waals surface area contributed by atoms with Crippen molar-refractivity contribution in [2.45, 2.75) is 0 Å². The molecule has 2 heteroatoms. The summed E-state index contributed by atoms with van der Waals surface area (Å²) in [4.78, 5) is 0. The van der Waals surface area contributed by atoms with Crippen LogP contribution in [0.1, 0.15) is 0 Å². The van der Waals surface area contributed by atoms with Crippen LogP contribution in [0.2, 0.25) is 0 Å². The molecule has 0 bridgehead atoms. The van der Waals surface area contributed by atoms with Crippen LogP contribution < -0.4 is 0 Å². The van der Waals surface area contributed by atoms with E-state index in [-0.39, 0.29) is 0 Å². The zero-order valence-electron chi connectivity index (χ0n) is 19.3. The lowest BCUT2D eigenvalue weighted by molar-refractivity contribution is 1.20. The summed E-state index contributed by atoms with van der Waals surface area (Å²) in [6, 6.07) is 42.5. The normalized spacial score (nSPS) is 12.4. The molecular formula is C34H19NS. The van der Waals surface area contributed by atoms with Gasteiger partial charge in [0.15, 0.2) is 0 Å². The molecule has 0 aliphatic heterocycles. The van der Waals surface area contributed by atoms with E-state index in [4.69, 9.17) is 0 Å². The van der Waals surface area contributed by atoms with Gasteiger partial charge in [0.25, 0.3) is 0 Å². The maximum absolute atomic E-state index is 2.45. The summed E-state index contributed by atoms with van der Waals surface area (Å²) in [5.41, 5.74) is 9.21. The molecule has 2 heterocycles. The molecule has 1 aliphatic carbocycles. The lowest BCUT2D eigenvalue weighted by Gasteiger charge is -2.13. The molecule has 6 aromatic carbocycles. The molecule has 0 radical (unpaired) electrons. The Morgan fingerprint density at radius 3 is 1.92 bits per heavy atom. The van der Waals surface area contributed by atoms with E-state index in [1.807, 2.05) is 11.3 Å². The fourth-order valence-corrected chi connectivity index (χ4v) is 7.75. The second-order valence-corrected chi connectivity index (χ2v) is 10.7. The number of nitrogens with zero attached hydrogens (tertiary/aromatic N) is 1. The number of thiophene rings is 1. The standard InChI is InChI=1S/C34H19NS/c1-4-13-28-20(8-1)21-9-2-5-14-29(21)35(28)30-19-18-27-32-23(11-7-12-26(30)32)24-16-17-25-22-10-3-6-15-31(22)36-34(25)33(24)27/h1-19H. The lowest BCUT2D eigenvalue weighted by atomic mass is 10.0. The number of aromatic nitrogens is 1. The fraction of sp³-hybridized carbons (Fsp3) is 0. The Kier molecular flexibility index (Phi) is 3.47. The Hall–Kier alpha value is -4.40.